The molecule has 4 rings (SSSR count). The van der Waals surface area contributed by atoms with Crippen LogP contribution >= 0.6 is 0 Å². The molecule has 1 N–H and O–H groups in total. The third-order valence-corrected chi connectivity index (χ3v) is 4.45. The fourth-order valence-corrected chi connectivity index (χ4v) is 4.01. The van der Waals surface area contributed by atoms with Gasteiger partial charge in [-0.3, -0.25) is 9.59 Å². The van der Waals surface area contributed by atoms with Crippen molar-refractivity contribution in [1.29, 1.82) is 0 Å². The van der Waals surface area contributed by atoms with Gasteiger partial charge in [0.25, 0.3) is 0 Å². The van der Waals surface area contributed by atoms with Gasteiger partial charge in [0.15, 0.2) is 0 Å². The van der Waals surface area contributed by atoms with Gasteiger partial charge in [-0.2, -0.15) is 0 Å². The van der Waals surface area contributed by atoms with Crippen molar-refractivity contribution in [3.05, 3.63) is 0 Å². The molecule has 2 unspecified atom stereocenters. The summed E-state index contributed by atoms with van der Waals surface area (Å²) in [5.41, 5.74) is -0.523. The largest absolute Gasteiger partial charge is 0.481 e. The van der Waals surface area contributed by atoms with Gasteiger partial charge in [0.1, 0.15) is 5.78 Å². The summed E-state index contributed by atoms with van der Waals surface area (Å²) in [5.74, 6) is 0.373. The maximum atomic E-state index is 11.7. The standard InChI is InChI=1S/C11H14O3/c12-9-7-1-6-2-8(9)5-11(3-6,4-7)10(13)14/h6-8H,1-5H2,(H,13,14)/t6?,7-,8+,11?. The fourth-order valence-electron chi connectivity index (χ4n) is 4.01. The lowest BCUT2D eigenvalue weighted by Gasteiger charge is -2.53. The molecular weight excluding hydrogens is 180 g/mol. The van der Waals surface area contributed by atoms with Crippen LogP contribution in [0.1, 0.15) is 32.1 Å². The molecule has 0 aromatic heterocycles. The second-order valence-electron chi connectivity index (χ2n) is 5.33. The Balaban J connectivity index is 2.00. The van der Waals surface area contributed by atoms with Crippen molar-refractivity contribution < 1.29 is 14.7 Å². The van der Waals surface area contributed by atoms with Crippen molar-refractivity contribution in [3.8, 4) is 0 Å². The van der Waals surface area contributed by atoms with Crippen molar-refractivity contribution in [3.63, 3.8) is 0 Å². The van der Waals surface area contributed by atoms with Gasteiger partial charge in [-0.05, 0) is 38.0 Å². The van der Waals surface area contributed by atoms with E-state index in [1.54, 1.807) is 0 Å². The first-order valence-electron chi connectivity index (χ1n) is 5.38. The Morgan fingerprint density at radius 1 is 1.21 bits per heavy atom. The highest BCUT2D eigenvalue weighted by Crippen LogP contribution is 2.58. The van der Waals surface area contributed by atoms with E-state index in [2.05, 4.69) is 0 Å². The predicted octanol–water partition coefficient (Wildman–Crippen LogP) is 1.47. The predicted molar refractivity (Wildman–Crippen MR) is 48.6 cm³/mol. The lowest BCUT2D eigenvalue weighted by Crippen LogP contribution is -2.54. The van der Waals surface area contributed by atoms with E-state index in [1.165, 1.54) is 0 Å². The van der Waals surface area contributed by atoms with Gasteiger partial charge in [-0.1, -0.05) is 0 Å². The second kappa shape index (κ2) is 2.38. The molecule has 4 aliphatic rings. The number of hydrogen-bond donors (Lipinski definition) is 1. The van der Waals surface area contributed by atoms with Crippen molar-refractivity contribution in [2.75, 3.05) is 0 Å². The van der Waals surface area contributed by atoms with Crippen LogP contribution in [0.15, 0.2) is 0 Å². The first-order chi connectivity index (χ1) is 6.61. The van der Waals surface area contributed by atoms with Crippen LogP contribution in [0.4, 0.5) is 0 Å². The van der Waals surface area contributed by atoms with E-state index < -0.39 is 11.4 Å². The number of Topliss-reactive ketones (excluding diaryl/α,β-unsaturated/α-hetero) is 1. The maximum Gasteiger partial charge on any atom is 0.309 e. The van der Waals surface area contributed by atoms with Crippen LogP contribution in [0.2, 0.25) is 0 Å². The molecule has 3 heteroatoms. The molecular formula is C11H14O3. The zero-order chi connectivity index (χ0) is 9.92. The van der Waals surface area contributed by atoms with Crippen molar-refractivity contribution in [1.82, 2.24) is 0 Å². The van der Waals surface area contributed by atoms with Crippen LogP contribution in [-0.2, 0) is 9.59 Å². The van der Waals surface area contributed by atoms with Crippen LogP contribution in [0.5, 0.6) is 0 Å². The number of hydrogen-bond acceptors (Lipinski definition) is 2. The molecule has 4 saturated carbocycles. The Hall–Kier alpha value is -0.860. The number of carboxylic acid groups (broad SMARTS) is 1. The second-order valence-corrected chi connectivity index (χ2v) is 5.33. The molecule has 3 nitrogen and oxygen atoms in total. The Kier molecular flexibility index (Phi) is 1.44. The molecule has 14 heavy (non-hydrogen) atoms. The smallest absolute Gasteiger partial charge is 0.309 e. The number of aliphatic carboxylic acids is 1. The Morgan fingerprint density at radius 2 is 1.79 bits per heavy atom. The van der Waals surface area contributed by atoms with Gasteiger partial charge < -0.3 is 5.11 Å². The monoisotopic (exact) mass is 194 g/mol. The first kappa shape index (κ1) is 8.45. The van der Waals surface area contributed by atoms with Crippen molar-refractivity contribution in [2.24, 2.45) is 23.2 Å². The maximum absolute atomic E-state index is 11.7. The summed E-state index contributed by atoms with van der Waals surface area (Å²) in [6.45, 7) is 0. The van der Waals surface area contributed by atoms with Gasteiger partial charge in [-0.15, -0.1) is 0 Å². The zero-order valence-corrected chi connectivity index (χ0v) is 8.03. The number of carboxylic acids is 1. The summed E-state index contributed by atoms with van der Waals surface area (Å²) < 4.78 is 0. The molecule has 76 valence electrons. The van der Waals surface area contributed by atoms with Gasteiger partial charge in [0.05, 0.1) is 5.41 Å². The topological polar surface area (TPSA) is 54.4 Å². The highest BCUT2D eigenvalue weighted by molar-refractivity contribution is 5.89. The van der Waals surface area contributed by atoms with Crippen LogP contribution in [-0.4, -0.2) is 16.9 Å². The van der Waals surface area contributed by atoms with Crippen LogP contribution < -0.4 is 0 Å². The first-order valence-corrected chi connectivity index (χ1v) is 5.38. The molecule has 0 amide bonds. The van der Waals surface area contributed by atoms with Gasteiger partial charge in [0, 0.05) is 11.8 Å². The summed E-state index contributed by atoms with van der Waals surface area (Å²) in [6.07, 6.45) is 3.99. The number of carbonyl (C=O) groups excluding carboxylic acids is 1. The molecule has 0 aromatic rings. The van der Waals surface area contributed by atoms with E-state index in [1.807, 2.05) is 0 Å². The normalized spacial score (nSPS) is 49.7. The van der Waals surface area contributed by atoms with Gasteiger partial charge in [-0.25, -0.2) is 0 Å². The summed E-state index contributed by atoms with van der Waals surface area (Å²) in [7, 11) is 0. The Bertz CT molecular complexity index is 302. The molecule has 0 radical (unpaired) electrons. The van der Waals surface area contributed by atoms with E-state index in [4.69, 9.17) is 0 Å². The third-order valence-electron chi connectivity index (χ3n) is 4.45. The van der Waals surface area contributed by atoms with Crippen molar-refractivity contribution >= 4 is 11.8 Å². The molecule has 0 saturated heterocycles. The summed E-state index contributed by atoms with van der Waals surface area (Å²) in [5, 5.41) is 9.25. The highest BCUT2D eigenvalue weighted by Gasteiger charge is 2.58. The molecule has 0 aromatic carbocycles. The van der Waals surface area contributed by atoms with Crippen LogP contribution in [0.25, 0.3) is 0 Å². The Morgan fingerprint density at radius 3 is 2.29 bits per heavy atom. The summed E-state index contributed by atoms with van der Waals surface area (Å²) in [4.78, 5) is 23.0. The minimum atomic E-state index is -0.663. The lowest BCUT2D eigenvalue weighted by atomic mass is 9.49. The number of carbonyl (C=O) groups is 2. The fraction of sp³-hybridized carbons (Fsp3) is 0.818. The Labute approximate surface area is 82.5 Å². The minimum absolute atomic E-state index is 0.0809. The molecule has 0 aliphatic heterocycles. The van der Waals surface area contributed by atoms with Gasteiger partial charge in [0.2, 0.25) is 0 Å². The molecule has 0 spiro atoms. The van der Waals surface area contributed by atoms with E-state index in [0.29, 0.717) is 24.5 Å². The molecule has 4 aliphatic carbocycles. The quantitative estimate of drug-likeness (QED) is 0.687. The molecule has 4 atom stereocenters. The SMILES string of the molecule is O=C1[C@@H]2CC3C[C@H]1CC(C(=O)O)(C3)C2. The molecule has 0 heterocycles. The van der Waals surface area contributed by atoms with Crippen LogP contribution in [0, 0.1) is 23.2 Å². The van der Waals surface area contributed by atoms with E-state index in [-0.39, 0.29) is 11.8 Å². The lowest BCUT2D eigenvalue weighted by molar-refractivity contribution is -0.169. The van der Waals surface area contributed by atoms with E-state index >= 15 is 0 Å². The van der Waals surface area contributed by atoms with E-state index in [9.17, 15) is 14.7 Å². The summed E-state index contributed by atoms with van der Waals surface area (Å²) in [6, 6.07) is 0. The average Bonchev–Trinajstić information content (AvgIpc) is 2.12. The van der Waals surface area contributed by atoms with Gasteiger partial charge >= 0.3 is 5.97 Å². The summed E-state index contributed by atoms with van der Waals surface area (Å²) >= 11 is 0. The van der Waals surface area contributed by atoms with Crippen LogP contribution in [0.3, 0.4) is 0 Å². The highest BCUT2D eigenvalue weighted by atomic mass is 16.4. The van der Waals surface area contributed by atoms with E-state index in [0.717, 1.165) is 19.3 Å². The zero-order valence-electron chi connectivity index (χ0n) is 8.03. The minimum Gasteiger partial charge on any atom is -0.481 e. The third kappa shape index (κ3) is 0.877. The molecule has 4 fully saturated rings. The number of rotatable bonds is 1. The average molecular weight is 194 g/mol. The number of ketones is 1. The van der Waals surface area contributed by atoms with Crippen molar-refractivity contribution in [2.45, 2.75) is 32.1 Å². The molecule has 4 bridgehead atoms.